The minimum atomic E-state index is -1.10. The van der Waals surface area contributed by atoms with Crippen molar-refractivity contribution in [3.05, 3.63) is 35.9 Å². The Hall–Kier alpha value is -2.12. The number of carbonyl (C=O) groups is 2. The Balaban J connectivity index is 3.13. The Morgan fingerprint density at radius 1 is 1.15 bits per heavy atom. The molecule has 1 unspecified atom stereocenters. The van der Waals surface area contributed by atoms with Gasteiger partial charge in [0.15, 0.2) is 12.4 Å². The second-order valence-electron chi connectivity index (χ2n) is 6.64. The van der Waals surface area contributed by atoms with Crippen LogP contribution in [-0.2, 0) is 23.7 Å². The van der Waals surface area contributed by atoms with Crippen LogP contribution in [0.3, 0.4) is 0 Å². The fourth-order valence-corrected chi connectivity index (χ4v) is 2.30. The number of ether oxygens (including phenoxy) is 4. The van der Waals surface area contributed by atoms with Crippen molar-refractivity contribution in [2.45, 2.75) is 58.7 Å². The third kappa shape index (κ3) is 7.41. The Kier molecular flexibility index (Phi) is 8.54. The maximum Gasteiger partial charge on any atom is 0.408 e. The van der Waals surface area contributed by atoms with E-state index in [2.05, 4.69) is 5.32 Å². The molecule has 1 aromatic carbocycles. The van der Waals surface area contributed by atoms with E-state index in [1.54, 1.807) is 52.0 Å². The van der Waals surface area contributed by atoms with E-state index in [0.717, 1.165) is 0 Å². The van der Waals surface area contributed by atoms with Gasteiger partial charge in [-0.3, -0.25) is 0 Å². The van der Waals surface area contributed by atoms with Gasteiger partial charge in [-0.2, -0.15) is 0 Å². The van der Waals surface area contributed by atoms with E-state index >= 15 is 0 Å². The Bertz CT molecular complexity index is 569. The molecule has 0 fully saturated rings. The molecule has 1 N–H and O–H groups in total. The van der Waals surface area contributed by atoms with E-state index in [9.17, 15) is 9.59 Å². The van der Waals surface area contributed by atoms with E-state index in [4.69, 9.17) is 18.9 Å². The van der Waals surface area contributed by atoms with Crippen molar-refractivity contribution in [2.24, 2.45) is 0 Å². The summed E-state index contributed by atoms with van der Waals surface area (Å²) in [4.78, 5) is 24.6. The van der Waals surface area contributed by atoms with Crippen molar-refractivity contribution in [3.63, 3.8) is 0 Å². The molecule has 26 heavy (non-hydrogen) atoms. The third-order valence-corrected chi connectivity index (χ3v) is 3.31. The maximum absolute atomic E-state index is 12.3. The molecule has 1 amide bonds. The van der Waals surface area contributed by atoms with Gasteiger partial charge < -0.3 is 24.3 Å². The average Bonchev–Trinajstić information content (AvgIpc) is 2.56. The third-order valence-electron chi connectivity index (χ3n) is 3.31. The Morgan fingerprint density at radius 3 is 2.27 bits per heavy atom. The first kappa shape index (κ1) is 21.9. The molecule has 7 nitrogen and oxygen atoms in total. The number of hydrogen-bond acceptors (Lipinski definition) is 6. The Morgan fingerprint density at radius 2 is 1.77 bits per heavy atom. The molecule has 0 aliphatic carbocycles. The number of amides is 1. The van der Waals surface area contributed by atoms with Gasteiger partial charge in [-0.1, -0.05) is 30.3 Å². The van der Waals surface area contributed by atoms with Crippen LogP contribution in [0.2, 0.25) is 0 Å². The first-order valence-electron chi connectivity index (χ1n) is 8.57. The van der Waals surface area contributed by atoms with Gasteiger partial charge in [0.2, 0.25) is 0 Å². The van der Waals surface area contributed by atoms with E-state index < -0.39 is 36.1 Å². The van der Waals surface area contributed by atoms with Gasteiger partial charge in [-0.25, -0.2) is 9.59 Å². The SMILES string of the molecule is CCOC(C)O[C@@H](C(=O)OC)[C@@H](NC(=O)OC(C)(C)C)c1ccccc1. The molecule has 0 spiro atoms. The lowest BCUT2D eigenvalue weighted by molar-refractivity contribution is -0.190. The molecule has 0 radical (unpaired) electrons. The molecule has 0 aliphatic heterocycles. The molecule has 0 saturated carbocycles. The summed E-state index contributed by atoms with van der Waals surface area (Å²) in [5, 5.41) is 2.71. The second kappa shape index (κ2) is 10.1. The van der Waals surface area contributed by atoms with Crippen molar-refractivity contribution in [1.82, 2.24) is 5.32 Å². The van der Waals surface area contributed by atoms with Crippen molar-refractivity contribution in [3.8, 4) is 0 Å². The molecule has 0 aliphatic rings. The zero-order valence-corrected chi connectivity index (χ0v) is 16.3. The molecule has 0 saturated heterocycles. The predicted molar refractivity (Wildman–Crippen MR) is 96.5 cm³/mol. The number of nitrogens with one attached hydrogen (secondary N) is 1. The van der Waals surface area contributed by atoms with Gasteiger partial charge in [-0.05, 0) is 40.2 Å². The molecular weight excluding hydrogens is 338 g/mol. The summed E-state index contributed by atoms with van der Waals surface area (Å²) in [7, 11) is 1.26. The maximum atomic E-state index is 12.3. The van der Waals surface area contributed by atoms with E-state index in [1.807, 2.05) is 13.0 Å². The fraction of sp³-hybridized carbons (Fsp3) is 0.579. The van der Waals surface area contributed by atoms with Crippen LogP contribution >= 0.6 is 0 Å². The quantitative estimate of drug-likeness (QED) is 0.561. The van der Waals surface area contributed by atoms with Crippen LogP contribution < -0.4 is 5.32 Å². The first-order valence-corrected chi connectivity index (χ1v) is 8.57. The highest BCUT2D eigenvalue weighted by atomic mass is 16.7. The molecule has 0 aromatic heterocycles. The van der Waals surface area contributed by atoms with E-state index in [1.165, 1.54) is 7.11 Å². The molecule has 146 valence electrons. The highest BCUT2D eigenvalue weighted by Gasteiger charge is 2.35. The predicted octanol–water partition coefficient (Wildman–Crippen LogP) is 3.19. The van der Waals surface area contributed by atoms with E-state index in [-0.39, 0.29) is 0 Å². The van der Waals surface area contributed by atoms with Crippen LogP contribution in [0.1, 0.15) is 46.2 Å². The summed E-state index contributed by atoms with van der Waals surface area (Å²) in [6, 6.07) is 8.21. The normalized spacial score (nSPS) is 14.8. The number of esters is 1. The van der Waals surface area contributed by atoms with Crippen LogP contribution in [0.25, 0.3) is 0 Å². The molecule has 0 bridgehead atoms. The topological polar surface area (TPSA) is 83.1 Å². The molecule has 1 aromatic rings. The number of carbonyl (C=O) groups excluding carboxylic acids is 2. The monoisotopic (exact) mass is 367 g/mol. The highest BCUT2D eigenvalue weighted by molar-refractivity contribution is 5.77. The van der Waals surface area contributed by atoms with Crippen LogP contribution in [0.15, 0.2) is 30.3 Å². The first-order chi connectivity index (χ1) is 12.2. The molecule has 7 heteroatoms. The summed E-state index contributed by atoms with van der Waals surface area (Å²) in [5.41, 5.74) is 0.00316. The largest absolute Gasteiger partial charge is 0.467 e. The average molecular weight is 367 g/mol. The fourth-order valence-electron chi connectivity index (χ4n) is 2.30. The number of alkyl carbamates (subject to hydrolysis) is 1. The van der Waals surface area contributed by atoms with Crippen molar-refractivity contribution in [1.29, 1.82) is 0 Å². The van der Waals surface area contributed by atoms with Crippen molar-refractivity contribution in [2.75, 3.05) is 13.7 Å². The van der Waals surface area contributed by atoms with Gasteiger partial charge in [-0.15, -0.1) is 0 Å². The highest BCUT2D eigenvalue weighted by Crippen LogP contribution is 2.23. The lowest BCUT2D eigenvalue weighted by atomic mass is 10.0. The molecule has 0 heterocycles. The van der Waals surface area contributed by atoms with Crippen LogP contribution in [0.5, 0.6) is 0 Å². The number of hydrogen-bond donors (Lipinski definition) is 1. The van der Waals surface area contributed by atoms with Gasteiger partial charge in [0.1, 0.15) is 5.60 Å². The minimum Gasteiger partial charge on any atom is -0.467 e. The van der Waals surface area contributed by atoms with Crippen molar-refractivity contribution >= 4 is 12.1 Å². The Labute approximate surface area is 155 Å². The summed E-state index contributed by atoms with van der Waals surface area (Å²) >= 11 is 0. The lowest BCUT2D eigenvalue weighted by Gasteiger charge is -2.30. The number of rotatable bonds is 8. The van der Waals surface area contributed by atoms with Gasteiger partial charge in [0, 0.05) is 6.61 Å². The summed E-state index contributed by atoms with van der Waals surface area (Å²) in [5.74, 6) is -0.624. The van der Waals surface area contributed by atoms with Crippen LogP contribution in [-0.4, -0.2) is 43.8 Å². The second-order valence-corrected chi connectivity index (χ2v) is 6.64. The summed E-state index contributed by atoms with van der Waals surface area (Å²) in [6.07, 6.45) is -2.42. The summed E-state index contributed by atoms with van der Waals surface area (Å²) < 4.78 is 21.3. The molecule has 3 atom stereocenters. The smallest absolute Gasteiger partial charge is 0.408 e. The van der Waals surface area contributed by atoms with Gasteiger partial charge >= 0.3 is 12.1 Å². The standard InChI is InChI=1S/C19H29NO6/c1-7-24-13(2)25-16(17(21)23-6)15(14-11-9-8-10-12-14)20-18(22)26-19(3,4)5/h8-13,15-16H,7H2,1-6H3,(H,20,22)/t13?,15-,16+/m0/s1. The van der Waals surface area contributed by atoms with Crippen molar-refractivity contribution < 1.29 is 28.5 Å². The number of benzene rings is 1. The van der Waals surface area contributed by atoms with Gasteiger partial charge in [0.25, 0.3) is 0 Å². The zero-order valence-electron chi connectivity index (χ0n) is 16.3. The lowest BCUT2D eigenvalue weighted by Crippen LogP contribution is -2.45. The zero-order chi connectivity index (χ0) is 19.7. The van der Waals surface area contributed by atoms with Crippen LogP contribution in [0, 0.1) is 0 Å². The minimum absolute atomic E-state index is 0.421. The number of methoxy groups -OCH3 is 1. The molecule has 1 rings (SSSR count). The van der Waals surface area contributed by atoms with Gasteiger partial charge in [0.05, 0.1) is 13.2 Å². The van der Waals surface area contributed by atoms with E-state index in [0.29, 0.717) is 12.2 Å². The molecular formula is C19H29NO6. The van der Waals surface area contributed by atoms with Crippen LogP contribution in [0.4, 0.5) is 4.79 Å². The summed E-state index contributed by atoms with van der Waals surface area (Å²) in [6.45, 7) is 9.20.